The van der Waals surface area contributed by atoms with Gasteiger partial charge < -0.3 is 42.6 Å². The first-order chi connectivity index (χ1) is 37.0. The lowest BCUT2D eigenvalue weighted by molar-refractivity contribution is -0.346. The molecule has 9 rings (SSSR count). The van der Waals surface area contributed by atoms with Gasteiger partial charge in [0.15, 0.2) is 12.4 Å². The molecule has 0 bridgehead atoms. The first-order valence-electron chi connectivity index (χ1n) is 25.2. The van der Waals surface area contributed by atoms with Crippen molar-refractivity contribution >= 4 is 17.7 Å². The third kappa shape index (κ3) is 15.2. The Bertz CT molecular complexity index is 2820. The lowest BCUT2D eigenvalue weighted by Crippen LogP contribution is -2.65. The number of carbonyl (C=O) groups excluding carboxylic acids is 1. The second kappa shape index (κ2) is 27.8. The molecule has 0 amide bonds. The van der Waals surface area contributed by atoms with E-state index in [2.05, 4.69) is 10.0 Å². The van der Waals surface area contributed by atoms with Crippen LogP contribution >= 0.6 is 11.8 Å². The summed E-state index contributed by atoms with van der Waals surface area (Å²) in [5.74, 6) is -0.632. The van der Waals surface area contributed by atoms with Crippen molar-refractivity contribution in [1.29, 1.82) is 0 Å². The summed E-state index contributed by atoms with van der Waals surface area (Å²) >= 11 is 1.42. The van der Waals surface area contributed by atoms with Crippen molar-refractivity contribution in [1.82, 2.24) is 0 Å². The molecule has 10 atom stereocenters. The average Bonchev–Trinajstić information content (AvgIpc) is 3.45. The molecule has 2 aliphatic heterocycles. The lowest BCUT2D eigenvalue weighted by Gasteiger charge is -2.49. The van der Waals surface area contributed by atoms with E-state index >= 15 is 0 Å². The summed E-state index contributed by atoms with van der Waals surface area (Å²) in [5.41, 5.74) is 15.6. The van der Waals surface area contributed by atoms with E-state index < -0.39 is 66.5 Å². The molecule has 75 heavy (non-hydrogen) atoms. The first kappa shape index (κ1) is 53.2. The van der Waals surface area contributed by atoms with Gasteiger partial charge >= 0.3 is 5.97 Å². The van der Waals surface area contributed by atoms with Crippen LogP contribution in [-0.2, 0) is 75.7 Å². The summed E-state index contributed by atoms with van der Waals surface area (Å²) in [6, 6.07) is 64.8. The highest BCUT2D eigenvalue weighted by Crippen LogP contribution is 2.40. The topological polar surface area (TPSA) is 149 Å². The number of carbonyl (C=O) groups is 1. The van der Waals surface area contributed by atoms with Gasteiger partial charge in [0.2, 0.25) is 0 Å². The summed E-state index contributed by atoms with van der Waals surface area (Å²) in [6.07, 6.45) is -8.28. The van der Waals surface area contributed by atoms with E-state index in [1.807, 2.05) is 189 Å². The van der Waals surface area contributed by atoms with Crippen molar-refractivity contribution in [2.24, 2.45) is 5.11 Å². The predicted molar refractivity (Wildman–Crippen MR) is 285 cm³/mol. The van der Waals surface area contributed by atoms with Gasteiger partial charge in [0.25, 0.3) is 0 Å². The van der Waals surface area contributed by atoms with Gasteiger partial charge in [0, 0.05) is 9.81 Å². The van der Waals surface area contributed by atoms with Crippen LogP contribution in [-0.4, -0.2) is 79.7 Å². The van der Waals surface area contributed by atoms with E-state index in [-0.39, 0.29) is 46.2 Å². The molecule has 2 heterocycles. The van der Waals surface area contributed by atoms with Gasteiger partial charge in [-0.05, 0) is 64.5 Å². The van der Waals surface area contributed by atoms with Crippen LogP contribution in [0.1, 0.15) is 43.7 Å². The van der Waals surface area contributed by atoms with E-state index in [1.54, 1.807) is 24.3 Å². The van der Waals surface area contributed by atoms with Crippen LogP contribution < -0.4 is 0 Å². The normalized spacial score (nSPS) is 23.4. The molecule has 0 unspecified atom stereocenters. The molecule has 0 aliphatic carbocycles. The molecule has 0 saturated carbocycles. The zero-order valence-corrected chi connectivity index (χ0v) is 42.5. The third-order valence-electron chi connectivity index (χ3n) is 12.9. The monoisotopic (exact) mass is 1030 g/mol. The number of ether oxygens (including phenoxy) is 9. The third-order valence-corrected chi connectivity index (χ3v) is 14.0. The van der Waals surface area contributed by atoms with Gasteiger partial charge in [-0.3, -0.25) is 0 Å². The largest absolute Gasteiger partial charge is 0.450 e. The summed E-state index contributed by atoms with van der Waals surface area (Å²) in [4.78, 5) is 18.8. The molecule has 13 nitrogen and oxygen atoms in total. The van der Waals surface area contributed by atoms with E-state index in [1.165, 1.54) is 11.8 Å². The molecule has 0 radical (unpaired) electrons. The number of benzene rings is 7. The van der Waals surface area contributed by atoms with E-state index in [4.69, 9.17) is 42.6 Å². The smallest absolute Gasteiger partial charge is 0.338 e. The highest BCUT2D eigenvalue weighted by Gasteiger charge is 2.55. The van der Waals surface area contributed by atoms with E-state index in [9.17, 15) is 10.3 Å². The molecule has 7 aromatic carbocycles. The van der Waals surface area contributed by atoms with Crippen molar-refractivity contribution in [3.05, 3.63) is 256 Å². The van der Waals surface area contributed by atoms with Crippen molar-refractivity contribution in [3.8, 4) is 0 Å². The second-order valence-electron chi connectivity index (χ2n) is 18.3. The maximum atomic E-state index is 14.5. The van der Waals surface area contributed by atoms with Crippen LogP contribution in [0.25, 0.3) is 10.4 Å². The standard InChI is InChI=1S/C61H61N3O10S/c1-43-32-34-50(35-33-43)75-61-53(63-64-62)56(69-39-47-26-14-5-15-27-47)55(52(72-61)42-67-37-45-22-10-3-11-23-45)74-60-58(73-59(65)49-30-18-7-19-31-49)57(70-40-48-28-16-6-17-29-48)54(68-38-46-24-12-4-13-25-46)51(71-60)41-66-36-44-20-8-2-9-21-44/h2-35,51-58,60-61H,36-42H2,1H3/t51-,52-,53-,54-,55-,56-,57+,58-,60+,61-/m1/s1. The van der Waals surface area contributed by atoms with Gasteiger partial charge in [0.05, 0.1) is 57.9 Å². The number of nitrogens with zero attached hydrogens (tertiary/aromatic N) is 3. The molecular formula is C61H61N3O10S. The minimum absolute atomic E-state index is 0.0280. The Kier molecular flexibility index (Phi) is 19.7. The minimum Gasteiger partial charge on any atom is -0.450 e. The summed E-state index contributed by atoms with van der Waals surface area (Å²) in [7, 11) is 0. The zero-order chi connectivity index (χ0) is 51.4. The van der Waals surface area contributed by atoms with Crippen molar-refractivity contribution in [3.63, 3.8) is 0 Å². The van der Waals surface area contributed by atoms with Gasteiger partial charge in [-0.1, -0.05) is 204 Å². The number of aryl methyl sites for hydroxylation is 1. The van der Waals surface area contributed by atoms with Crippen LogP contribution in [0.5, 0.6) is 0 Å². The quantitative estimate of drug-likeness (QED) is 0.0246. The molecule has 7 aromatic rings. The molecular weight excluding hydrogens is 967 g/mol. The van der Waals surface area contributed by atoms with Crippen molar-refractivity contribution < 1.29 is 47.4 Å². The molecule has 386 valence electrons. The fourth-order valence-corrected chi connectivity index (χ4v) is 10.1. The Morgan fingerprint density at radius 2 is 0.933 bits per heavy atom. The Labute approximate surface area is 442 Å². The van der Waals surface area contributed by atoms with E-state index in [0.717, 1.165) is 38.3 Å². The second-order valence-corrected chi connectivity index (χ2v) is 19.5. The van der Waals surface area contributed by atoms with Crippen molar-refractivity contribution in [2.45, 2.75) is 105 Å². The summed E-state index contributed by atoms with van der Waals surface area (Å²) < 4.78 is 62.0. The predicted octanol–water partition coefficient (Wildman–Crippen LogP) is 12.0. The fraction of sp³-hybridized carbons (Fsp3) is 0.295. The molecule has 0 aromatic heterocycles. The maximum Gasteiger partial charge on any atom is 0.338 e. The highest BCUT2D eigenvalue weighted by molar-refractivity contribution is 7.99. The molecule has 14 heteroatoms. The van der Waals surface area contributed by atoms with Gasteiger partial charge in [0.1, 0.15) is 42.0 Å². The maximum absolute atomic E-state index is 14.5. The molecule has 2 saturated heterocycles. The Morgan fingerprint density at radius 3 is 1.41 bits per heavy atom. The number of hydrogen-bond donors (Lipinski definition) is 0. The number of hydrogen-bond acceptors (Lipinski definition) is 12. The zero-order valence-electron chi connectivity index (χ0n) is 41.7. The van der Waals surface area contributed by atoms with Crippen LogP contribution in [0.4, 0.5) is 0 Å². The first-order valence-corrected chi connectivity index (χ1v) is 26.1. The van der Waals surface area contributed by atoms with Gasteiger partial charge in [-0.15, -0.1) is 0 Å². The van der Waals surface area contributed by atoms with Crippen LogP contribution in [0.3, 0.4) is 0 Å². The van der Waals surface area contributed by atoms with Crippen LogP contribution in [0, 0.1) is 6.92 Å². The molecule has 0 spiro atoms. The average molecular weight is 1030 g/mol. The Hall–Kier alpha value is -6.65. The molecule has 0 N–H and O–H groups in total. The van der Waals surface area contributed by atoms with Crippen molar-refractivity contribution in [2.75, 3.05) is 13.2 Å². The van der Waals surface area contributed by atoms with Crippen LogP contribution in [0.15, 0.2) is 216 Å². The SMILES string of the molecule is Cc1ccc(S[C@H]2O[C@H](COCc3ccccc3)[C@@H](O[C@@H]3O[C@H](COCc4ccccc4)[C@@H](OCc4ccccc4)[C@H](OCc4ccccc4)[C@H]3OC(=O)c3ccccc3)[C@H](OCc3ccccc3)[C@H]2N=[N+]=[N-])cc1. The highest BCUT2D eigenvalue weighted by atomic mass is 32.2. The fourth-order valence-electron chi connectivity index (χ4n) is 9.01. The Balaban J connectivity index is 1.13. The van der Waals surface area contributed by atoms with Gasteiger partial charge in [-0.2, -0.15) is 0 Å². The number of rotatable bonds is 24. The lowest BCUT2D eigenvalue weighted by atomic mass is 9.95. The summed E-state index contributed by atoms with van der Waals surface area (Å²) in [6.45, 7) is 3.08. The Morgan fingerprint density at radius 1 is 0.507 bits per heavy atom. The number of azide groups is 1. The van der Waals surface area contributed by atoms with Gasteiger partial charge in [-0.25, -0.2) is 4.79 Å². The molecule has 2 aliphatic rings. The number of esters is 1. The van der Waals surface area contributed by atoms with E-state index in [0.29, 0.717) is 5.56 Å². The molecule has 2 fully saturated rings. The summed E-state index contributed by atoms with van der Waals surface area (Å²) in [5, 5.41) is 4.41. The number of thioether (sulfide) groups is 1. The van der Waals surface area contributed by atoms with Crippen LogP contribution in [0.2, 0.25) is 0 Å². The minimum atomic E-state index is -1.37.